The fourth-order valence-corrected chi connectivity index (χ4v) is 1.03. The molecule has 1 aliphatic carbocycles. The summed E-state index contributed by atoms with van der Waals surface area (Å²) in [5, 5.41) is 3.10. The van der Waals surface area contributed by atoms with E-state index in [1.807, 2.05) is 41.5 Å². The van der Waals surface area contributed by atoms with Crippen molar-refractivity contribution in [3.63, 3.8) is 0 Å². The quantitative estimate of drug-likeness (QED) is 0.276. The lowest BCUT2D eigenvalue weighted by Gasteiger charge is -2.01. The van der Waals surface area contributed by atoms with Crippen LogP contribution in [0.4, 0.5) is 0 Å². The SMILES string of the molecule is CC.CC.CC.COC(=O)C(=C/C=C/NC1CC1)C(=O)OC. The summed E-state index contributed by atoms with van der Waals surface area (Å²) in [4.78, 5) is 22.4. The summed E-state index contributed by atoms with van der Waals surface area (Å²) < 4.78 is 8.93. The fraction of sp³-hybridized carbons (Fsp3) is 0.647. The number of carbonyl (C=O) groups excluding carboxylic acids is 2. The van der Waals surface area contributed by atoms with Gasteiger partial charge >= 0.3 is 11.9 Å². The summed E-state index contributed by atoms with van der Waals surface area (Å²) in [6.07, 6.45) is 6.97. The number of nitrogens with one attached hydrogen (secondary N) is 1. The van der Waals surface area contributed by atoms with Crippen LogP contribution in [0, 0.1) is 0 Å². The van der Waals surface area contributed by atoms with Crippen molar-refractivity contribution in [1.82, 2.24) is 5.32 Å². The Bertz CT molecular complexity index is 314. The first kappa shape index (κ1) is 25.2. The summed E-state index contributed by atoms with van der Waals surface area (Å²) in [6.45, 7) is 12.0. The molecule has 0 atom stereocenters. The van der Waals surface area contributed by atoms with Crippen LogP contribution in [-0.2, 0) is 19.1 Å². The summed E-state index contributed by atoms with van der Waals surface area (Å²) in [5.41, 5.74) is -0.126. The van der Waals surface area contributed by atoms with Crippen LogP contribution in [0.25, 0.3) is 0 Å². The predicted molar refractivity (Wildman–Crippen MR) is 91.5 cm³/mol. The number of hydrogen-bond acceptors (Lipinski definition) is 5. The van der Waals surface area contributed by atoms with Gasteiger partial charge in [0.1, 0.15) is 5.57 Å². The van der Waals surface area contributed by atoms with Gasteiger partial charge in [0.2, 0.25) is 0 Å². The van der Waals surface area contributed by atoms with Gasteiger partial charge in [-0.3, -0.25) is 0 Å². The van der Waals surface area contributed by atoms with Gasteiger partial charge in [-0.2, -0.15) is 0 Å². The second-order valence-corrected chi connectivity index (χ2v) is 3.36. The number of hydrogen-bond donors (Lipinski definition) is 1. The number of allylic oxidation sites excluding steroid dienone is 2. The van der Waals surface area contributed by atoms with Crippen LogP contribution in [0.5, 0.6) is 0 Å². The van der Waals surface area contributed by atoms with E-state index in [0.29, 0.717) is 6.04 Å². The van der Waals surface area contributed by atoms with Crippen LogP contribution in [-0.4, -0.2) is 32.2 Å². The maximum Gasteiger partial charge on any atom is 0.345 e. The van der Waals surface area contributed by atoms with Crippen molar-refractivity contribution < 1.29 is 19.1 Å². The summed E-state index contributed by atoms with van der Waals surface area (Å²) in [6, 6.07) is 0.532. The van der Waals surface area contributed by atoms with E-state index in [1.54, 1.807) is 12.3 Å². The van der Waals surface area contributed by atoms with Gasteiger partial charge in [-0.25, -0.2) is 9.59 Å². The molecule has 1 N–H and O–H groups in total. The third-order valence-electron chi connectivity index (χ3n) is 2.08. The molecule has 0 unspecified atom stereocenters. The monoisotopic (exact) mass is 315 g/mol. The molecule has 0 heterocycles. The molecule has 130 valence electrons. The highest BCUT2D eigenvalue weighted by atomic mass is 16.5. The van der Waals surface area contributed by atoms with Crippen LogP contribution in [0.2, 0.25) is 0 Å². The second kappa shape index (κ2) is 19.2. The average Bonchev–Trinajstić information content (AvgIpc) is 3.43. The molecule has 0 radical (unpaired) electrons. The van der Waals surface area contributed by atoms with E-state index in [0.717, 1.165) is 12.8 Å². The van der Waals surface area contributed by atoms with E-state index < -0.39 is 11.9 Å². The minimum Gasteiger partial charge on any atom is -0.465 e. The number of rotatable bonds is 5. The van der Waals surface area contributed by atoms with Crippen LogP contribution in [0.3, 0.4) is 0 Å². The van der Waals surface area contributed by atoms with Crippen molar-refractivity contribution in [2.75, 3.05) is 14.2 Å². The van der Waals surface area contributed by atoms with Gasteiger partial charge in [0.25, 0.3) is 0 Å². The predicted octanol–water partition coefficient (Wildman–Crippen LogP) is 3.60. The van der Waals surface area contributed by atoms with Crippen molar-refractivity contribution in [3.05, 3.63) is 23.9 Å². The third-order valence-corrected chi connectivity index (χ3v) is 2.08. The Morgan fingerprint density at radius 1 is 0.909 bits per heavy atom. The zero-order valence-electron chi connectivity index (χ0n) is 15.4. The molecule has 1 saturated carbocycles. The molecular formula is C17H33NO4. The second-order valence-electron chi connectivity index (χ2n) is 3.36. The van der Waals surface area contributed by atoms with Crippen LogP contribution < -0.4 is 5.32 Å². The van der Waals surface area contributed by atoms with E-state index in [-0.39, 0.29) is 5.57 Å². The van der Waals surface area contributed by atoms with E-state index in [1.165, 1.54) is 20.3 Å². The van der Waals surface area contributed by atoms with Crippen LogP contribution >= 0.6 is 0 Å². The third kappa shape index (κ3) is 13.2. The van der Waals surface area contributed by atoms with Gasteiger partial charge < -0.3 is 14.8 Å². The minimum absolute atomic E-state index is 0.126. The van der Waals surface area contributed by atoms with Gasteiger partial charge in [-0.05, 0) is 31.2 Å². The van der Waals surface area contributed by atoms with E-state index in [9.17, 15) is 9.59 Å². The molecule has 0 saturated heterocycles. The molecule has 1 aliphatic rings. The Labute approximate surface area is 135 Å². The topological polar surface area (TPSA) is 64.6 Å². The van der Waals surface area contributed by atoms with E-state index >= 15 is 0 Å². The molecule has 1 fully saturated rings. The van der Waals surface area contributed by atoms with Gasteiger partial charge in [0.05, 0.1) is 14.2 Å². The Hall–Kier alpha value is -1.78. The molecule has 22 heavy (non-hydrogen) atoms. The average molecular weight is 315 g/mol. The van der Waals surface area contributed by atoms with E-state index in [4.69, 9.17) is 0 Å². The summed E-state index contributed by atoms with van der Waals surface area (Å²) in [7, 11) is 2.43. The highest BCUT2D eigenvalue weighted by Crippen LogP contribution is 2.18. The molecule has 0 amide bonds. The molecule has 5 heteroatoms. The van der Waals surface area contributed by atoms with Crippen molar-refractivity contribution >= 4 is 11.9 Å². The van der Waals surface area contributed by atoms with Crippen LogP contribution in [0.1, 0.15) is 54.4 Å². The molecule has 0 bridgehead atoms. The number of ether oxygens (including phenoxy) is 2. The van der Waals surface area contributed by atoms with Gasteiger partial charge in [-0.15, -0.1) is 0 Å². The van der Waals surface area contributed by atoms with Crippen molar-refractivity contribution in [3.8, 4) is 0 Å². The lowest BCUT2D eigenvalue weighted by atomic mass is 10.2. The smallest absolute Gasteiger partial charge is 0.345 e. The Morgan fingerprint density at radius 2 is 1.32 bits per heavy atom. The lowest BCUT2D eigenvalue weighted by Crippen LogP contribution is -2.15. The first-order valence-electron chi connectivity index (χ1n) is 7.98. The van der Waals surface area contributed by atoms with Crippen LogP contribution in [0.15, 0.2) is 23.9 Å². The largest absolute Gasteiger partial charge is 0.465 e. The zero-order chi connectivity index (χ0) is 18.0. The first-order valence-corrected chi connectivity index (χ1v) is 7.98. The van der Waals surface area contributed by atoms with Gasteiger partial charge in [-0.1, -0.05) is 41.5 Å². The lowest BCUT2D eigenvalue weighted by molar-refractivity contribution is -0.144. The molecule has 5 nitrogen and oxygen atoms in total. The van der Waals surface area contributed by atoms with E-state index in [2.05, 4.69) is 14.8 Å². The summed E-state index contributed by atoms with van der Waals surface area (Å²) in [5.74, 6) is -1.41. The fourth-order valence-electron chi connectivity index (χ4n) is 1.03. The van der Waals surface area contributed by atoms with Gasteiger partial charge in [0, 0.05) is 6.04 Å². The zero-order valence-corrected chi connectivity index (χ0v) is 15.4. The molecular weight excluding hydrogens is 282 g/mol. The normalized spacial score (nSPS) is 11.3. The van der Waals surface area contributed by atoms with Gasteiger partial charge in [0.15, 0.2) is 0 Å². The maximum absolute atomic E-state index is 11.2. The Kier molecular flexibility index (Phi) is 22.0. The van der Waals surface area contributed by atoms with Crippen molar-refractivity contribution in [2.24, 2.45) is 0 Å². The van der Waals surface area contributed by atoms with Crippen molar-refractivity contribution in [2.45, 2.75) is 60.4 Å². The highest BCUT2D eigenvalue weighted by molar-refractivity contribution is 6.14. The first-order chi connectivity index (χ1) is 10.7. The Balaban J connectivity index is -0.000000535. The Morgan fingerprint density at radius 3 is 1.64 bits per heavy atom. The molecule has 0 aromatic rings. The molecule has 0 aromatic carbocycles. The standard InChI is InChI=1S/C11H15NO4.3C2H6/c1-15-10(13)9(11(14)16-2)4-3-7-12-8-5-6-8;3*1-2/h3-4,7-8,12H,5-6H2,1-2H3;3*1-2H3/b7-3+;;;. The molecule has 0 aliphatic heterocycles. The highest BCUT2D eigenvalue weighted by Gasteiger charge is 2.19. The maximum atomic E-state index is 11.2. The molecule has 1 rings (SSSR count). The number of carbonyl (C=O) groups is 2. The molecule has 0 aromatic heterocycles. The number of esters is 2. The molecule has 0 spiro atoms. The van der Waals surface area contributed by atoms with Crippen molar-refractivity contribution in [1.29, 1.82) is 0 Å². The number of methoxy groups -OCH3 is 2. The summed E-state index contributed by atoms with van der Waals surface area (Å²) >= 11 is 0. The minimum atomic E-state index is -0.706.